The van der Waals surface area contributed by atoms with Gasteiger partial charge in [-0.3, -0.25) is 10.1 Å². The standard InChI is InChI=1S/C25H22FN5O4/c1-15(23(32)30-25(34)27-2)35-24(33)19-12-21(17-8-4-3-5-9-17)29-22-20(19)13-28-31(22)14-16-7-6-10-18(26)11-16/h3-13,15H,14H2,1-2H3,(H2,27,30,32,34)/t15-/m1/s1. The summed E-state index contributed by atoms with van der Waals surface area (Å²) in [5, 5.41) is 9.09. The van der Waals surface area contributed by atoms with E-state index in [1.54, 1.807) is 22.9 Å². The van der Waals surface area contributed by atoms with Gasteiger partial charge in [0.1, 0.15) is 5.82 Å². The largest absolute Gasteiger partial charge is 0.449 e. The number of carbonyl (C=O) groups is 3. The van der Waals surface area contributed by atoms with Crippen LogP contribution in [0.3, 0.4) is 0 Å². The molecule has 0 radical (unpaired) electrons. The zero-order valence-electron chi connectivity index (χ0n) is 19.0. The summed E-state index contributed by atoms with van der Waals surface area (Å²) in [5.41, 5.74) is 2.47. The Morgan fingerprint density at radius 2 is 1.86 bits per heavy atom. The number of nitrogens with zero attached hydrogens (tertiary/aromatic N) is 3. The Hall–Kier alpha value is -4.60. The quantitative estimate of drug-likeness (QED) is 0.414. The number of halogens is 1. The highest BCUT2D eigenvalue weighted by molar-refractivity contribution is 6.05. The summed E-state index contributed by atoms with van der Waals surface area (Å²) in [6.07, 6.45) is 0.243. The number of nitrogens with one attached hydrogen (secondary N) is 2. The number of rotatable bonds is 6. The second kappa shape index (κ2) is 10.1. The summed E-state index contributed by atoms with van der Waals surface area (Å²) >= 11 is 0. The topological polar surface area (TPSA) is 115 Å². The van der Waals surface area contributed by atoms with Gasteiger partial charge >= 0.3 is 12.0 Å². The van der Waals surface area contributed by atoms with Gasteiger partial charge in [0, 0.05) is 12.6 Å². The van der Waals surface area contributed by atoms with E-state index >= 15 is 0 Å². The van der Waals surface area contributed by atoms with Crippen molar-refractivity contribution in [2.75, 3.05) is 7.05 Å². The molecule has 0 aliphatic heterocycles. The summed E-state index contributed by atoms with van der Waals surface area (Å²) < 4.78 is 20.6. The number of urea groups is 1. The molecule has 3 amide bonds. The second-order valence-electron chi connectivity index (χ2n) is 7.71. The molecular formula is C25H22FN5O4. The van der Waals surface area contributed by atoms with Crippen LogP contribution in [0, 0.1) is 5.82 Å². The molecule has 4 rings (SSSR count). The van der Waals surface area contributed by atoms with Gasteiger partial charge in [-0.1, -0.05) is 42.5 Å². The highest BCUT2D eigenvalue weighted by Gasteiger charge is 2.24. The minimum Gasteiger partial charge on any atom is -0.449 e. The minimum absolute atomic E-state index is 0.152. The number of fused-ring (bicyclic) bond motifs is 1. The first-order valence-electron chi connectivity index (χ1n) is 10.8. The van der Waals surface area contributed by atoms with Crippen molar-refractivity contribution >= 4 is 28.9 Å². The Bertz CT molecular complexity index is 1400. The van der Waals surface area contributed by atoms with Crippen LogP contribution in [0.5, 0.6) is 0 Å². The molecule has 2 heterocycles. The molecule has 0 fully saturated rings. The van der Waals surface area contributed by atoms with Crippen LogP contribution in [0.25, 0.3) is 22.3 Å². The molecule has 0 saturated carbocycles. The Labute approximate surface area is 199 Å². The van der Waals surface area contributed by atoms with E-state index in [1.807, 2.05) is 30.3 Å². The molecular weight excluding hydrogens is 453 g/mol. The molecule has 2 aromatic heterocycles. The van der Waals surface area contributed by atoms with Crippen molar-refractivity contribution in [3.8, 4) is 11.3 Å². The summed E-state index contributed by atoms with van der Waals surface area (Å²) in [5.74, 6) is -1.92. The molecule has 2 aromatic carbocycles. The zero-order chi connectivity index (χ0) is 24.9. The van der Waals surface area contributed by atoms with Crippen LogP contribution in [0.15, 0.2) is 66.9 Å². The molecule has 9 nitrogen and oxygen atoms in total. The molecule has 0 spiro atoms. The first kappa shape index (κ1) is 23.6. The van der Waals surface area contributed by atoms with E-state index in [2.05, 4.69) is 15.7 Å². The van der Waals surface area contributed by atoms with Crippen LogP contribution in [0.1, 0.15) is 22.8 Å². The average molecular weight is 475 g/mol. The number of hydrogen-bond donors (Lipinski definition) is 2. The summed E-state index contributed by atoms with van der Waals surface area (Å²) in [4.78, 5) is 41.4. The maximum Gasteiger partial charge on any atom is 0.339 e. The van der Waals surface area contributed by atoms with Crippen LogP contribution in [-0.4, -0.2) is 45.8 Å². The third-order valence-corrected chi connectivity index (χ3v) is 5.24. The van der Waals surface area contributed by atoms with E-state index in [4.69, 9.17) is 9.72 Å². The van der Waals surface area contributed by atoms with E-state index in [0.717, 1.165) is 5.56 Å². The highest BCUT2D eigenvalue weighted by Crippen LogP contribution is 2.26. The fourth-order valence-corrected chi connectivity index (χ4v) is 3.45. The van der Waals surface area contributed by atoms with Crippen molar-refractivity contribution < 1.29 is 23.5 Å². The lowest BCUT2D eigenvalue weighted by molar-refractivity contribution is -0.127. The minimum atomic E-state index is -1.23. The van der Waals surface area contributed by atoms with Gasteiger partial charge in [-0.2, -0.15) is 5.10 Å². The monoisotopic (exact) mass is 475 g/mol. The van der Waals surface area contributed by atoms with Gasteiger partial charge < -0.3 is 10.1 Å². The Kier molecular flexibility index (Phi) is 6.81. The van der Waals surface area contributed by atoms with Crippen molar-refractivity contribution in [1.29, 1.82) is 0 Å². The van der Waals surface area contributed by atoms with E-state index in [1.165, 1.54) is 32.3 Å². The Morgan fingerprint density at radius 3 is 2.57 bits per heavy atom. The predicted octanol–water partition coefficient (Wildman–Crippen LogP) is 3.29. The second-order valence-corrected chi connectivity index (χ2v) is 7.71. The number of carbonyl (C=O) groups excluding carboxylic acids is 3. The average Bonchev–Trinajstić information content (AvgIpc) is 3.26. The van der Waals surface area contributed by atoms with Gasteiger partial charge in [0.25, 0.3) is 5.91 Å². The number of amides is 3. The van der Waals surface area contributed by atoms with Crippen LogP contribution >= 0.6 is 0 Å². The van der Waals surface area contributed by atoms with Crippen LogP contribution in [0.2, 0.25) is 0 Å². The van der Waals surface area contributed by atoms with Crippen molar-refractivity contribution in [3.05, 3.63) is 83.8 Å². The van der Waals surface area contributed by atoms with Crippen molar-refractivity contribution in [1.82, 2.24) is 25.4 Å². The van der Waals surface area contributed by atoms with E-state index in [-0.39, 0.29) is 17.9 Å². The molecule has 1 atom stereocenters. The summed E-state index contributed by atoms with van der Waals surface area (Å²) in [6, 6.07) is 16.2. The number of imide groups is 1. The van der Waals surface area contributed by atoms with E-state index in [9.17, 15) is 18.8 Å². The maximum atomic E-state index is 13.7. The van der Waals surface area contributed by atoms with E-state index in [0.29, 0.717) is 22.3 Å². The number of benzene rings is 2. The van der Waals surface area contributed by atoms with Crippen LogP contribution in [0.4, 0.5) is 9.18 Å². The highest BCUT2D eigenvalue weighted by atomic mass is 19.1. The number of aromatic nitrogens is 3. The number of esters is 1. The number of hydrogen-bond acceptors (Lipinski definition) is 6. The molecule has 4 aromatic rings. The molecule has 0 aliphatic rings. The van der Waals surface area contributed by atoms with Crippen molar-refractivity contribution in [2.45, 2.75) is 19.6 Å². The smallest absolute Gasteiger partial charge is 0.339 e. The van der Waals surface area contributed by atoms with Crippen molar-refractivity contribution in [3.63, 3.8) is 0 Å². The number of pyridine rings is 1. The first-order chi connectivity index (χ1) is 16.9. The molecule has 0 aliphatic carbocycles. The maximum absolute atomic E-state index is 13.7. The fourth-order valence-electron chi connectivity index (χ4n) is 3.45. The van der Waals surface area contributed by atoms with Gasteiger partial charge in [-0.25, -0.2) is 23.6 Å². The van der Waals surface area contributed by atoms with Gasteiger partial charge in [0.05, 0.1) is 29.4 Å². The van der Waals surface area contributed by atoms with Gasteiger partial charge in [-0.05, 0) is 30.7 Å². The van der Waals surface area contributed by atoms with Gasteiger partial charge in [0.2, 0.25) is 0 Å². The molecule has 10 heteroatoms. The van der Waals surface area contributed by atoms with Crippen LogP contribution < -0.4 is 10.6 Å². The fraction of sp³-hybridized carbons (Fsp3) is 0.160. The Balaban J connectivity index is 1.73. The number of ether oxygens (including phenoxy) is 1. The third kappa shape index (κ3) is 5.32. The lowest BCUT2D eigenvalue weighted by Crippen LogP contribution is -2.43. The van der Waals surface area contributed by atoms with Gasteiger partial charge in [0.15, 0.2) is 11.8 Å². The van der Waals surface area contributed by atoms with Crippen LogP contribution in [-0.2, 0) is 16.1 Å². The molecule has 0 saturated heterocycles. The molecule has 35 heavy (non-hydrogen) atoms. The summed E-state index contributed by atoms with van der Waals surface area (Å²) in [6.45, 7) is 1.59. The molecule has 0 bridgehead atoms. The molecule has 178 valence electrons. The lowest BCUT2D eigenvalue weighted by atomic mass is 10.1. The summed E-state index contributed by atoms with van der Waals surface area (Å²) in [7, 11) is 1.36. The normalized spacial score (nSPS) is 11.6. The van der Waals surface area contributed by atoms with Gasteiger partial charge in [-0.15, -0.1) is 0 Å². The molecule has 0 unspecified atom stereocenters. The van der Waals surface area contributed by atoms with E-state index < -0.39 is 24.0 Å². The first-order valence-corrected chi connectivity index (χ1v) is 10.8. The zero-order valence-corrected chi connectivity index (χ0v) is 19.0. The molecule has 2 N–H and O–H groups in total. The predicted molar refractivity (Wildman–Crippen MR) is 126 cm³/mol. The SMILES string of the molecule is CNC(=O)NC(=O)[C@@H](C)OC(=O)c1cc(-c2ccccc2)nc2c1cnn2Cc1cccc(F)c1. The lowest BCUT2D eigenvalue weighted by Gasteiger charge is -2.14. The van der Waals surface area contributed by atoms with Crippen molar-refractivity contribution in [2.24, 2.45) is 0 Å². The third-order valence-electron chi connectivity index (χ3n) is 5.24. The Morgan fingerprint density at radius 1 is 1.09 bits per heavy atom.